The van der Waals surface area contributed by atoms with Crippen LogP contribution < -0.4 is 5.32 Å². The number of hydrogen-bond acceptors (Lipinski definition) is 4. The third kappa shape index (κ3) is 3.74. The summed E-state index contributed by atoms with van der Waals surface area (Å²) in [5, 5.41) is 7.39. The van der Waals surface area contributed by atoms with Crippen molar-refractivity contribution in [3.63, 3.8) is 0 Å². The fourth-order valence-corrected chi connectivity index (χ4v) is 2.06. The highest BCUT2D eigenvalue weighted by Gasteiger charge is 2.12. The van der Waals surface area contributed by atoms with E-state index in [1.807, 2.05) is 0 Å². The smallest absolute Gasteiger partial charge is 0.325 e. The Balaban J connectivity index is 2.14. The van der Waals surface area contributed by atoms with Gasteiger partial charge in [-0.3, -0.25) is 9.59 Å². The van der Waals surface area contributed by atoms with Crippen molar-refractivity contribution in [2.24, 2.45) is 0 Å². The first kappa shape index (κ1) is 15.3. The minimum atomic E-state index is -0.531. The van der Waals surface area contributed by atoms with E-state index in [1.54, 1.807) is 18.2 Å². The van der Waals surface area contributed by atoms with Gasteiger partial charge in [0.15, 0.2) is 0 Å². The minimum absolute atomic E-state index is 0.206. The summed E-state index contributed by atoms with van der Waals surface area (Å²) in [5.74, 6) is -0.965. The van der Waals surface area contributed by atoms with Crippen LogP contribution in [0.4, 0.5) is 0 Å². The number of halogens is 2. The van der Waals surface area contributed by atoms with Crippen LogP contribution in [-0.2, 0) is 9.53 Å². The second-order valence-electron chi connectivity index (χ2n) is 4.03. The van der Waals surface area contributed by atoms with Crippen molar-refractivity contribution in [2.45, 2.75) is 0 Å². The summed E-state index contributed by atoms with van der Waals surface area (Å²) in [5.41, 5.74) is 0.887. The number of ether oxygens (including phenoxy) is 1. The van der Waals surface area contributed by atoms with Crippen molar-refractivity contribution < 1.29 is 14.3 Å². The molecule has 0 spiro atoms. The van der Waals surface area contributed by atoms with Crippen LogP contribution in [-0.4, -0.2) is 35.3 Å². The van der Waals surface area contributed by atoms with E-state index in [2.05, 4.69) is 15.2 Å². The van der Waals surface area contributed by atoms with Crippen molar-refractivity contribution in [3.8, 4) is 5.69 Å². The molecule has 1 aromatic carbocycles. The molecule has 0 fully saturated rings. The summed E-state index contributed by atoms with van der Waals surface area (Å²) >= 11 is 11.9. The van der Waals surface area contributed by atoms with Gasteiger partial charge in [-0.2, -0.15) is 5.10 Å². The minimum Gasteiger partial charge on any atom is -0.468 e. The predicted molar refractivity (Wildman–Crippen MR) is 77.9 cm³/mol. The van der Waals surface area contributed by atoms with E-state index in [-0.39, 0.29) is 6.54 Å². The van der Waals surface area contributed by atoms with Gasteiger partial charge < -0.3 is 10.1 Å². The third-order valence-electron chi connectivity index (χ3n) is 2.62. The molecule has 2 rings (SSSR count). The highest BCUT2D eigenvalue weighted by molar-refractivity contribution is 6.35. The molecule has 21 heavy (non-hydrogen) atoms. The molecule has 0 radical (unpaired) electrons. The standard InChI is InChI=1S/C13H11Cl2N3O3/c1-21-12(19)6-16-13(20)8-5-17-18(7-8)11-3-2-9(14)4-10(11)15/h2-5,7H,6H2,1H3,(H,16,20). The van der Waals surface area contributed by atoms with Gasteiger partial charge in [0, 0.05) is 11.2 Å². The Morgan fingerprint density at radius 3 is 2.81 bits per heavy atom. The second-order valence-corrected chi connectivity index (χ2v) is 4.87. The van der Waals surface area contributed by atoms with Gasteiger partial charge in [0.1, 0.15) is 6.54 Å². The van der Waals surface area contributed by atoms with Crippen LogP contribution in [0, 0.1) is 0 Å². The molecule has 0 saturated heterocycles. The largest absolute Gasteiger partial charge is 0.468 e. The normalized spacial score (nSPS) is 10.2. The topological polar surface area (TPSA) is 73.2 Å². The molecule has 1 aromatic heterocycles. The molecule has 0 unspecified atom stereocenters. The Morgan fingerprint density at radius 1 is 1.38 bits per heavy atom. The molecular formula is C13H11Cl2N3O3. The summed E-state index contributed by atoms with van der Waals surface area (Å²) in [6.45, 7) is -0.206. The molecule has 1 heterocycles. The zero-order valence-corrected chi connectivity index (χ0v) is 12.5. The van der Waals surface area contributed by atoms with E-state index in [4.69, 9.17) is 23.2 Å². The molecule has 0 aliphatic rings. The molecule has 2 aromatic rings. The van der Waals surface area contributed by atoms with Crippen molar-refractivity contribution in [1.29, 1.82) is 0 Å². The molecule has 8 heteroatoms. The fraction of sp³-hybridized carbons (Fsp3) is 0.154. The van der Waals surface area contributed by atoms with Crippen molar-refractivity contribution in [1.82, 2.24) is 15.1 Å². The highest BCUT2D eigenvalue weighted by atomic mass is 35.5. The first-order valence-electron chi connectivity index (χ1n) is 5.86. The zero-order chi connectivity index (χ0) is 15.4. The molecule has 0 atom stereocenters. The van der Waals surface area contributed by atoms with Gasteiger partial charge in [-0.1, -0.05) is 23.2 Å². The number of amides is 1. The van der Waals surface area contributed by atoms with Crippen LogP contribution in [0.15, 0.2) is 30.6 Å². The quantitative estimate of drug-likeness (QED) is 0.872. The van der Waals surface area contributed by atoms with Crippen LogP contribution in [0.2, 0.25) is 10.0 Å². The molecule has 0 aliphatic carbocycles. The highest BCUT2D eigenvalue weighted by Crippen LogP contribution is 2.24. The lowest BCUT2D eigenvalue weighted by Crippen LogP contribution is -2.29. The number of rotatable bonds is 4. The number of hydrogen-bond donors (Lipinski definition) is 1. The summed E-state index contributed by atoms with van der Waals surface area (Å²) in [4.78, 5) is 22.8. The summed E-state index contributed by atoms with van der Waals surface area (Å²) in [6.07, 6.45) is 2.87. The molecule has 6 nitrogen and oxygen atoms in total. The molecule has 1 amide bonds. The van der Waals surface area contributed by atoms with Crippen LogP contribution in [0.25, 0.3) is 5.69 Å². The van der Waals surface area contributed by atoms with Crippen molar-refractivity contribution in [2.75, 3.05) is 13.7 Å². The Hall–Kier alpha value is -2.05. The zero-order valence-electron chi connectivity index (χ0n) is 11.0. The summed E-state index contributed by atoms with van der Waals surface area (Å²) in [6, 6.07) is 4.94. The first-order chi connectivity index (χ1) is 10.0. The molecule has 0 aliphatic heterocycles. The van der Waals surface area contributed by atoms with Crippen LogP contribution in [0.1, 0.15) is 10.4 Å². The van der Waals surface area contributed by atoms with Crippen LogP contribution >= 0.6 is 23.2 Å². The van der Waals surface area contributed by atoms with E-state index < -0.39 is 11.9 Å². The third-order valence-corrected chi connectivity index (χ3v) is 3.16. The van der Waals surface area contributed by atoms with E-state index >= 15 is 0 Å². The van der Waals surface area contributed by atoms with Crippen molar-refractivity contribution >= 4 is 35.1 Å². The SMILES string of the molecule is COC(=O)CNC(=O)c1cnn(-c2ccc(Cl)cc2Cl)c1. The number of nitrogens with zero attached hydrogens (tertiary/aromatic N) is 2. The van der Waals surface area contributed by atoms with E-state index in [0.717, 1.165) is 0 Å². The van der Waals surface area contributed by atoms with Gasteiger partial charge in [0.2, 0.25) is 0 Å². The maximum atomic E-state index is 11.8. The summed E-state index contributed by atoms with van der Waals surface area (Å²) < 4.78 is 5.88. The van der Waals surface area contributed by atoms with Crippen LogP contribution in [0.3, 0.4) is 0 Å². The van der Waals surface area contributed by atoms with Crippen LogP contribution in [0.5, 0.6) is 0 Å². The Kier molecular flexibility index (Phi) is 4.82. The fourth-order valence-electron chi connectivity index (χ4n) is 1.57. The van der Waals surface area contributed by atoms with Gasteiger partial charge in [0.05, 0.1) is 29.6 Å². The van der Waals surface area contributed by atoms with Gasteiger partial charge in [-0.15, -0.1) is 0 Å². The Bertz CT molecular complexity index is 685. The molecule has 1 N–H and O–H groups in total. The number of nitrogens with one attached hydrogen (secondary N) is 1. The number of aromatic nitrogens is 2. The first-order valence-corrected chi connectivity index (χ1v) is 6.62. The molecule has 0 saturated carbocycles. The van der Waals surface area contributed by atoms with Gasteiger partial charge in [-0.25, -0.2) is 4.68 Å². The number of esters is 1. The number of methoxy groups -OCH3 is 1. The van der Waals surface area contributed by atoms with Crippen molar-refractivity contribution in [3.05, 3.63) is 46.2 Å². The Labute approximate surface area is 130 Å². The second kappa shape index (κ2) is 6.60. The molecule has 0 bridgehead atoms. The summed E-state index contributed by atoms with van der Waals surface area (Å²) in [7, 11) is 1.25. The monoisotopic (exact) mass is 327 g/mol. The molecule has 110 valence electrons. The lowest BCUT2D eigenvalue weighted by atomic mass is 10.3. The average molecular weight is 328 g/mol. The van der Waals surface area contributed by atoms with Gasteiger partial charge >= 0.3 is 5.97 Å². The lowest BCUT2D eigenvalue weighted by molar-refractivity contribution is -0.139. The van der Waals surface area contributed by atoms with Gasteiger partial charge in [0.25, 0.3) is 5.91 Å². The van der Waals surface area contributed by atoms with E-state index in [1.165, 1.54) is 24.2 Å². The van der Waals surface area contributed by atoms with E-state index in [9.17, 15) is 9.59 Å². The number of carbonyl (C=O) groups is 2. The predicted octanol–water partition coefficient (Wildman–Crippen LogP) is 2.08. The maximum Gasteiger partial charge on any atom is 0.325 e. The average Bonchev–Trinajstić information content (AvgIpc) is 2.93. The number of benzene rings is 1. The Morgan fingerprint density at radius 2 is 2.14 bits per heavy atom. The van der Waals surface area contributed by atoms with E-state index in [0.29, 0.717) is 21.3 Å². The number of carbonyl (C=O) groups excluding carboxylic acids is 2. The molecular weight excluding hydrogens is 317 g/mol. The maximum absolute atomic E-state index is 11.8. The lowest BCUT2D eigenvalue weighted by Gasteiger charge is -2.04. The van der Waals surface area contributed by atoms with Gasteiger partial charge in [-0.05, 0) is 18.2 Å².